The molecule has 0 saturated heterocycles. The minimum absolute atomic E-state index is 0.191. The number of hydrogen-bond acceptors (Lipinski definition) is 4. The van der Waals surface area contributed by atoms with E-state index in [1.165, 1.54) is 36.4 Å². The lowest BCUT2D eigenvalue weighted by Crippen LogP contribution is -2.15. The van der Waals surface area contributed by atoms with Crippen LogP contribution in [0.4, 0.5) is 10.1 Å². The van der Waals surface area contributed by atoms with Gasteiger partial charge in [0.2, 0.25) is 0 Å². The van der Waals surface area contributed by atoms with E-state index in [1.54, 1.807) is 0 Å². The summed E-state index contributed by atoms with van der Waals surface area (Å²) in [6.45, 7) is 0. The van der Waals surface area contributed by atoms with Gasteiger partial charge in [-0.2, -0.15) is 0 Å². The van der Waals surface area contributed by atoms with Crippen molar-refractivity contribution in [1.82, 2.24) is 0 Å². The Hall–Kier alpha value is -2.63. The third kappa shape index (κ3) is 3.44. The largest absolute Gasteiger partial charge is 0.478 e. The Morgan fingerprint density at radius 2 is 1.70 bits per heavy atom. The highest BCUT2D eigenvalue weighted by Gasteiger charge is 2.17. The van der Waals surface area contributed by atoms with Gasteiger partial charge in [0.25, 0.3) is 0 Å². The highest BCUT2D eigenvalue weighted by Crippen LogP contribution is 2.19. The molecule has 0 saturated carbocycles. The first-order valence-corrected chi connectivity index (χ1v) is 5.90. The lowest BCUT2D eigenvalue weighted by atomic mass is 10.00. The number of carbonyl (C=O) groups excluding carboxylic acids is 1. The van der Waals surface area contributed by atoms with E-state index in [4.69, 9.17) is 9.94 Å². The molecule has 2 N–H and O–H groups in total. The molecule has 0 bridgehead atoms. The fourth-order valence-electron chi connectivity index (χ4n) is 1.66. The molecule has 0 amide bonds. The summed E-state index contributed by atoms with van der Waals surface area (Å²) in [7, 11) is 0. The monoisotopic (exact) mass is 277 g/mol. The van der Waals surface area contributed by atoms with Gasteiger partial charge >= 0.3 is 11.9 Å². The van der Waals surface area contributed by atoms with Crippen molar-refractivity contribution in [3.8, 4) is 0 Å². The Bertz CT molecular complexity index is 590. The van der Waals surface area contributed by atoms with Crippen LogP contribution in [0.5, 0.6) is 0 Å². The van der Waals surface area contributed by atoms with Gasteiger partial charge < -0.3 is 9.94 Å². The Morgan fingerprint density at radius 3 is 2.25 bits per heavy atom. The number of anilines is 1. The molecule has 0 unspecified atom stereocenters. The average molecular weight is 277 g/mol. The molecule has 1 aromatic carbocycles. The molecule has 2 rings (SSSR count). The summed E-state index contributed by atoms with van der Waals surface area (Å²) in [4.78, 5) is 27.3. The minimum Gasteiger partial charge on any atom is -0.478 e. The van der Waals surface area contributed by atoms with E-state index in [1.807, 2.05) is 0 Å². The van der Waals surface area contributed by atoms with Gasteiger partial charge in [0, 0.05) is 11.1 Å². The molecule has 0 spiro atoms. The summed E-state index contributed by atoms with van der Waals surface area (Å²) < 4.78 is 12.7. The van der Waals surface area contributed by atoms with Crippen LogP contribution in [-0.4, -0.2) is 17.0 Å². The molecule has 104 valence electrons. The number of halogens is 1. The second-order valence-electron chi connectivity index (χ2n) is 4.17. The van der Waals surface area contributed by atoms with E-state index in [0.29, 0.717) is 11.3 Å². The standard InChI is InChI=1S/C14H12FNO4/c15-11-5-7-12(8-6-11)16-20-14(19)10-3-1-9(2-4-10)13(17)18/h1,4-8,16H,2-3H2,(H,17,18). The summed E-state index contributed by atoms with van der Waals surface area (Å²) in [5.41, 5.74) is 3.49. The Balaban J connectivity index is 1.87. The van der Waals surface area contributed by atoms with Gasteiger partial charge in [0.05, 0.1) is 5.69 Å². The molecule has 20 heavy (non-hydrogen) atoms. The molecule has 5 nitrogen and oxygen atoms in total. The third-order valence-corrected chi connectivity index (χ3v) is 2.78. The van der Waals surface area contributed by atoms with Gasteiger partial charge in [-0.05, 0) is 37.1 Å². The van der Waals surface area contributed by atoms with E-state index >= 15 is 0 Å². The summed E-state index contributed by atoms with van der Waals surface area (Å²) >= 11 is 0. The van der Waals surface area contributed by atoms with Crippen molar-refractivity contribution in [3.05, 3.63) is 53.4 Å². The molecule has 1 aromatic rings. The van der Waals surface area contributed by atoms with Crippen LogP contribution in [0.25, 0.3) is 0 Å². The smallest absolute Gasteiger partial charge is 0.358 e. The zero-order chi connectivity index (χ0) is 14.5. The number of hydrogen-bond donors (Lipinski definition) is 2. The van der Waals surface area contributed by atoms with Crippen LogP contribution in [0.15, 0.2) is 47.6 Å². The average Bonchev–Trinajstić information content (AvgIpc) is 2.46. The van der Waals surface area contributed by atoms with Crippen molar-refractivity contribution >= 4 is 17.6 Å². The quantitative estimate of drug-likeness (QED) is 0.827. The predicted octanol–water partition coefficient (Wildman–Crippen LogP) is 2.43. The zero-order valence-electron chi connectivity index (χ0n) is 10.4. The molecule has 0 aromatic heterocycles. The molecular weight excluding hydrogens is 265 g/mol. The van der Waals surface area contributed by atoms with Crippen LogP contribution < -0.4 is 5.48 Å². The summed E-state index contributed by atoms with van der Waals surface area (Å²) in [6.07, 6.45) is 3.41. The maximum atomic E-state index is 12.7. The van der Waals surface area contributed by atoms with Crippen LogP contribution in [0.1, 0.15) is 12.8 Å². The van der Waals surface area contributed by atoms with Gasteiger partial charge in [0.1, 0.15) is 5.82 Å². The van der Waals surface area contributed by atoms with Crippen LogP contribution in [0.2, 0.25) is 0 Å². The minimum atomic E-state index is -0.988. The molecule has 6 heteroatoms. The molecular formula is C14H12FNO4. The molecule has 0 atom stereocenters. The number of rotatable bonds is 4. The van der Waals surface area contributed by atoms with Crippen molar-refractivity contribution in [2.45, 2.75) is 12.8 Å². The fraction of sp³-hybridized carbons (Fsp3) is 0.143. The van der Waals surface area contributed by atoms with Crippen LogP contribution >= 0.6 is 0 Å². The normalized spacial score (nSPS) is 14.1. The zero-order valence-corrected chi connectivity index (χ0v) is 10.4. The first-order valence-electron chi connectivity index (χ1n) is 5.90. The lowest BCUT2D eigenvalue weighted by Gasteiger charge is -2.11. The van der Waals surface area contributed by atoms with Crippen molar-refractivity contribution in [1.29, 1.82) is 0 Å². The maximum absolute atomic E-state index is 12.7. The van der Waals surface area contributed by atoms with Crippen molar-refractivity contribution in [3.63, 3.8) is 0 Å². The van der Waals surface area contributed by atoms with Crippen LogP contribution in [0, 0.1) is 5.82 Å². The lowest BCUT2D eigenvalue weighted by molar-refractivity contribution is -0.136. The molecule has 0 radical (unpaired) electrons. The van der Waals surface area contributed by atoms with Crippen molar-refractivity contribution in [2.75, 3.05) is 5.48 Å². The fourth-order valence-corrected chi connectivity index (χ4v) is 1.66. The molecule has 1 aliphatic rings. The first kappa shape index (κ1) is 13.8. The Kier molecular flexibility index (Phi) is 4.14. The summed E-state index contributed by atoms with van der Waals surface area (Å²) in [6, 6.07) is 5.33. The van der Waals surface area contributed by atoms with Gasteiger partial charge in [-0.25, -0.2) is 19.5 Å². The van der Waals surface area contributed by atoms with E-state index in [0.717, 1.165) is 0 Å². The van der Waals surface area contributed by atoms with E-state index in [-0.39, 0.29) is 24.2 Å². The maximum Gasteiger partial charge on any atom is 0.358 e. The van der Waals surface area contributed by atoms with E-state index in [2.05, 4.69) is 5.48 Å². The first-order chi connectivity index (χ1) is 9.56. The number of carboxylic acid groups (broad SMARTS) is 1. The molecule has 1 aliphatic carbocycles. The summed E-state index contributed by atoms with van der Waals surface area (Å²) in [5, 5.41) is 8.78. The summed E-state index contributed by atoms with van der Waals surface area (Å²) in [5.74, 6) is -1.96. The molecule has 0 aliphatic heterocycles. The van der Waals surface area contributed by atoms with Gasteiger partial charge in [-0.15, -0.1) is 0 Å². The second-order valence-corrected chi connectivity index (χ2v) is 4.17. The van der Waals surface area contributed by atoms with Gasteiger partial charge in [0.15, 0.2) is 0 Å². The van der Waals surface area contributed by atoms with Gasteiger partial charge in [-0.3, -0.25) is 0 Å². The van der Waals surface area contributed by atoms with Gasteiger partial charge in [-0.1, -0.05) is 12.2 Å². The second kappa shape index (κ2) is 6.01. The highest BCUT2D eigenvalue weighted by molar-refractivity contribution is 5.92. The SMILES string of the molecule is O=C(O)C1=CCC(C(=O)ONc2ccc(F)cc2)=CC1. The number of benzene rings is 1. The Morgan fingerprint density at radius 1 is 1.10 bits per heavy atom. The van der Waals surface area contributed by atoms with E-state index in [9.17, 15) is 14.0 Å². The number of allylic oxidation sites excluding steroid dienone is 2. The van der Waals surface area contributed by atoms with Crippen LogP contribution in [0.3, 0.4) is 0 Å². The Labute approximate surface area is 114 Å². The van der Waals surface area contributed by atoms with Crippen molar-refractivity contribution in [2.24, 2.45) is 0 Å². The molecule has 0 fully saturated rings. The third-order valence-electron chi connectivity index (χ3n) is 2.78. The predicted molar refractivity (Wildman–Crippen MR) is 69.2 cm³/mol. The number of carbonyl (C=O) groups is 2. The molecule has 0 heterocycles. The number of nitrogens with one attached hydrogen (secondary N) is 1. The number of carboxylic acids is 1. The van der Waals surface area contributed by atoms with Crippen LogP contribution in [-0.2, 0) is 14.4 Å². The highest BCUT2D eigenvalue weighted by atomic mass is 19.1. The van der Waals surface area contributed by atoms with Crippen molar-refractivity contribution < 1.29 is 23.9 Å². The number of aliphatic carboxylic acids is 1. The topological polar surface area (TPSA) is 75.6 Å². The van der Waals surface area contributed by atoms with E-state index < -0.39 is 11.9 Å².